The first-order chi connectivity index (χ1) is 23.6. The standard InChI is InChI=1S/C39H66N6S3/c1-7-13-19-25-43(26-20-14-8-2)37-40-31-34(46-37)32-36(48-38(41-32)44(27-21-15-9-3)28-22-16-10-4)33-35(31)47-39(42-33)45(29-23-17-11-5)30-24-18-12-6/h7-30H2,1-6H3. The van der Waals surface area contributed by atoms with Crippen LogP contribution in [-0.4, -0.2) is 54.2 Å². The van der Waals surface area contributed by atoms with Crippen molar-refractivity contribution >= 4 is 80.1 Å². The predicted molar refractivity (Wildman–Crippen MR) is 220 cm³/mol. The third-order valence-electron chi connectivity index (χ3n) is 9.49. The number of fused-ring (bicyclic) bond motifs is 6. The largest absolute Gasteiger partial charge is 0.348 e. The normalized spacial score (nSPS) is 11.9. The molecular weight excluding hydrogens is 649 g/mol. The molecule has 9 heteroatoms. The first-order valence-electron chi connectivity index (χ1n) is 19.9. The summed E-state index contributed by atoms with van der Waals surface area (Å²) in [7, 11) is 0. The van der Waals surface area contributed by atoms with Crippen molar-refractivity contribution in [1.82, 2.24) is 15.0 Å². The molecule has 0 fully saturated rings. The fourth-order valence-corrected chi connectivity index (χ4v) is 10.1. The second-order valence-corrected chi connectivity index (χ2v) is 16.7. The number of thiazole rings is 3. The van der Waals surface area contributed by atoms with Gasteiger partial charge in [-0.2, -0.15) is 0 Å². The molecule has 270 valence electrons. The van der Waals surface area contributed by atoms with Crippen molar-refractivity contribution in [2.24, 2.45) is 0 Å². The van der Waals surface area contributed by atoms with Gasteiger partial charge < -0.3 is 14.7 Å². The van der Waals surface area contributed by atoms with Crippen LogP contribution in [0.2, 0.25) is 0 Å². The van der Waals surface area contributed by atoms with Crippen molar-refractivity contribution in [2.75, 3.05) is 54.0 Å². The highest BCUT2D eigenvalue weighted by Gasteiger charge is 2.25. The van der Waals surface area contributed by atoms with Crippen molar-refractivity contribution in [1.29, 1.82) is 0 Å². The zero-order valence-electron chi connectivity index (χ0n) is 31.4. The molecule has 4 aromatic rings. The van der Waals surface area contributed by atoms with Gasteiger partial charge in [-0.25, -0.2) is 15.0 Å². The van der Waals surface area contributed by atoms with Crippen molar-refractivity contribution in [3.63, 3.8) is 0 Å². The van der Waals surface area contributed by atoms with E-state index in [0.717, 1.165) is 55.8 Å². The lowest BCUT2D eigenvalue weighted by Gasteiger charge is -2.21. The summed E-state index contributed by atoms with van der Waals surface area (Å²) in [4.78, 5) is 24.3. The molecule has 0 saturated heterocycles. The van der Waals surface area contributed by atoms with E-state index in [4.69, 9.17) is 15.0 Å². The Kier molecular flexibility index (Phi) is 17.5. The monoisotopic (exact) mass is 714 g/mol. The number of nitrogens with zero attached hydrogens (tertiary/aromatic N) is 6. The Morgan fingerprint density at radius 2 is 0.542 bits per heavy atom. The van der Waals surface area contributed by atoms with Crippen LogP contribution in [-0.2, 0) is 0 Å². The molecule has 0 bridgehead atoms. The third kappa shape index (κ3) is 10.6. The molecule has 0 aliphatic rings. The zero-order chi connectivity index (χ0) is 34.1. The Morgan fingerprint density at radius 1 is 0.333 bits per heavy atom. The minimum atomic E-state index is 1.09. The first-order valence-corrected chi connectivity index (χ1v) is 22.3. The summed E-state index contributed by atoms with van der Waals surface area (Å²) < 4.78 is 3.81. The minimum Gasteiger partial charge on any atom is -0.348 e. The lowest BCUT2D eigenvalue weighted by molar-refractivity contribution is 0.636. The van der Waals surface area contributed by atoms with Gasteiger partial charge in [-0.1, -0.05) is 153 Å². The summed E-state index contributed by atoms with van der Waals surface area (Å²) in [5.74, 6) is 0. The van der Waals surface area contributed by atoms with Crippen LogP contribution in [0, 0.1) is 0 Å². The summed E-state index contributed by atoms with van der Waals surface area (Å²) in [6, 6.07) is 0. The van der Waals surface area contributed by atoms with E-state index in [2.05, 4.69) is 56.2 Å². The molecule has 3 aromatic heterocycles. The molecule has 0 spiro atoms. The number of hydrogen-bond donors (Lipinski definition) is 0. The fourth-order valence-electron chi connectivity index (χ4n) is 6.50. The maximum absolute atomic E-state index is 5.50. The molecule has 0 radical (unpaired) electrons. The molecule has 0 unspecified atom stereocenters. The van der Waals surface area contributed by atoms with Crippen LogP contribution in [0.1, 0.15) is 157 Å². The molecule has 4 rings (SSSR count). The molecule has 3 heterocycles. The molecule has 1 aromatic carbocycles. The van der Waals surface area contributed by atoms with Gasteiger partial charge in [0, 0.05) is 39.3 Å². The van der Waals surface area contributed by atoms with E-state index in [-0.39, 0.29) is 0 Å². The molecule has 48 heavy (non-hydrogen) atoms. The summed E-state index contributed by atoms with van der Waals surface area (Å²) in [5, 5.41) is 3.54. The van der Waals surface area contributed by atoms with Crippen LogP contribution in [0.15, 0.2) is 0 Å². The van der Waals surface area contributed by atoms with E-state index in [1.807, 2.05) is 34.0 Å². The van der Waals surface area contributed by atoms with Crippen molar-refractivity contribution in [3.8, 4) is 0 Å². The van der Waals surface area contributed by atoms with Crippen molar-refractivity contribution in [3.05, 3.63) is 0 Å². The van der Waals surface area contributed by atoms with Gasteiger partial charge in [-0.15, -0.1) is 0 Å². The highest BCUT2D eigenvalue weighted by molar-refractivity contribution is 7.29. The molecule has 0 N–H and O–H groups in total. The third-order valence-corrected chi connectivity index (χ3v) is 12.9. The molecule has 0 amide bonds. The number of anilines is 3. The maximum atomic E-state index is 5.50. The van der Waals surface area contributed by atoms with Crippen molar-refractivity contribution < 1.29 is 0 Å². The zero-order valence-corrected chi connectivity index (χ0v) is 33.8. The van der Waals surface area contributed by atoms with Gasteiger partial charge in [0.05, 0.1) is 14.1 Å². The molecular formula is C39H66N6S3. The van der Waals surface area contributed by atoms with Gasteiger partial charge in [0.2, 0.25) is 0 Å². The lowest BCUT2D eigenvalue weighted by Crippen LogP contribution is -2.25. The van der Waals surface area contributed by atoms with E-state index < -0.39 is 0 Å². The SMILES string of the molecule is CCCCCN(CCCCC)c1nc2c(s1)c1nc(N(CCCCC)CCCCC)sc1c1nc(N(CCCCC)CCCCC)sc21. The number of unbranched alkanes of at least 4 members (excludes halogenated alkanes) is 12. The lowest BCUT2D eigenvalue weighted by atomic mass is 10.2. The second-order valence-electron chi connectivity index (χ2n) is 13.7. The van der Waals surface area contributed by atoms with E-state index in [1.54, 1.807) is 0 Å². The molecule has 6 nitrogen and oxygen atoms in total. The molecule has 0 atom stereocenters. The highest BCUT2D eigenvalue weighted by Crippen LogP contribution is 2.47. The van der Waals surface area contributed by atoms with Crippen LogP contribution in [0.25, 0.3) is 30.6 Å². The van der Waals surface area contributed by atoms with Gasteiger partial charge in [-0.3, -0.25) is 0 Å². The first kappa shape index (κ1) is 39.1. The fraction of sp³-hybridized carbons (Fsp3) is 0.769. The summed E-state index contributed by atoms with van der Waals surface area (Å²) in [5.41, 5.74) is 3.42. The Labute approximate surface area is 304 Å². The van der Waals surface area contributed by atoms with E-state index in [1.165, 1.54) is 145 Å². The summed E-state index contributed by atoms with van der Waals surface area (Å²) >= 11 is 5.67. The van der Waals surface area contributed by atoms with Crippen molar-refractivity contribution in [2.45, 2.75) is 157 Å². The number of rotatable bonds is 27. The van der Waals surface area contributed by atoms with Crippen LogP contribution in [0.3, 0.4) is 0 Å². The summed E-state index contributed by atoms with van der Waals surface area (Å²) in [6.07, 6.45) is 22.5. The van der Waals surface area contributed by atoms with Gasteiger partial charge in [0.1, 0.15) is 16.6 Å². The maximum Gasteiger partial charge on any atom is 0.186 e. The van der Waals surface area contributed by atoms with E-state index in [9.17, 15) is 0 Å². The Morgan fingerprint density at radius 3 is 0.729 bits per heavy atom. The van der Waals surface area contributed by atoms with E-state index >= 15 is 0 Å². The molecule has 0 aliphatic heterocycles. The molecule has 0 saturated carbocycles. The average molecular weight is 715 g/mol. The topological polar surface area (TPSA) is 48.4 Å². The van der Waals surface area contributed by atoms with Gasteiger partial charge in [0.25, 0.3) is 0 Å². The van der Waals surface area contributed by atoms with Gasteiger partial charge >= 0.3 is 0 Å². The second kappa shape index (κ2) is 21.5. The molecule has 0 aliphatic carbocycles. The number of hydrogen-bond acceptors (Lipinski definition) is 9. The van der Waals surface area contributed by atoms with Crippen LogP contribution < -0.4 is 14.7 Å². The Bertz CT molecular complexity index is 1160. The van der Waals surface area contributed by atoms with E-state index in [0.29, 0.717) is 0 Å². The quantitative estimate of drug-likeness (QED) is 0.0573. The van der Waals surface area contributed by atoms with Gasteiger partial charge in [0.15, 0.2) is 15.4 Å². The smallest absolute Gasteiger partial charge is 0.186 e. The van der Waals surface area contributed by atoms with Crippen LogP contribution in [0.4, 0.5) is 15.4 Å². The predicted octanol–water partition coefficient (Wildman–Crippen LogP) is 13.1. The Balaban J connectivity index is 1.86. The minimum absolute atomic E-state index is 1.09. The number of aromatic nitrogens is 3. The highest BCUT2D eigenvalue weighted by atomic mass is 32.1. The van der Waals surface area contributed by atoms with Gasteiger partial charge in [-0.05, 0) is 38.5 Å². The number of benzene rings is 1. The average Bonchev–Trinajstić information content (AvgIpc) is 3.84. The Hall–Kier alpha value is -1.71. The summed E-state index contributed by atoms with van der Waals surface area (Å²) in [6.45, 7) is 20.3. The van der Waals surface area contributed by atoms with Crippen LogP contribution in [0.5, 0.6) is 0 Å². The van der Waals surface area contributed by atoms with Crippen LogP contribution >= 0.6 is 34.0 Å².